The number of hydrogen-bond acceptors (Lipinski definition) is 5. The molecule has 1 saturated heterocycles. The van der Waals surface area contributed by atoms with Crippen LogP contribution in [-0.2, 0) is 21.9 Å². The van der Waals surface area contributed by atoms with Gasteiger partial charge in [-0.05, 0) is 42.5 Å². The minimum absolute atomic E-state index is 0.165. The van der Waals surface area contributed by atoms with Crippen molar-refractivity contribution in [2.24, 2.45) is 18.9 Å². The summed E-state index contributed by atoms with van der Waals surface area (Å²) in [5.41, 5.74) is 0.574. The van der Waals surface area contributed by atoms with Crippen LogP contribution in [0, 0.1) is 11.8 Å². The van der Waals surface area contributed by atoms with Crippen LogP contribution in [0.3, 0.4) is 0 Å². The summed E-state index contributed by atoms with van der Waals surface area (Å²) in [6, 6.07) is 6.38. The van der Waals surface area contributed by atoms with Gasteiger partial charge in [-0.1, -0.05) is 25.6 Å². The molecule has 0 aliphatic carbocycles. The summed E-state index contributed by atoms with van der Waals surface area (Å²) in [6.07, 6.45) is 4.56. The molecule has 3 rings (SSSR count). The molecule has 2 heterocycles. The number of aryl methyl sites for hydroxylation is 1. The van der Waals surface area contributed by atoms with E-state index in [0.717, 1.165) is 11.6 Å². The van der Waals surface area contributed by atoms with Crippen LogP contribution in [0.25, 0.3) is 0 Å². The van der Waals surface area contributed by atoms with Crippen molar-refractivity contribution in [1.29, 1.82) is 0 Å². The van der Waals surface area contributed by atoms with E-state index in [1.165, 1.54) is 11.8 Å². The van der Waals surface area contributed by atoms with Gasteiger partial charge in [-0.15, -0.1) is 0 Å². The van der Waals surface area contributed by atoms with Crippen molar-refractivity contribution in [2.75, 3.05) is 24.2 Å². The number of hydrogen-bond donors (Lipinski definition) is 1. The van der Waals surface area contributed by atoms with Gasteiger partial charge in [0.15, 0.2) is 5.16 Å². The number of nitrogens with zero attached hydrogens (tertiary/aromatic N) is 3. The number of thioether (sulfide) groups is 1. The smallest absolute Gasteiger partial charge is 0.243 e. The molecule has 1 N–H and O–H groups in total. The molecule has 0 spiro atoms. The van der Waals surface area contributed by atoms with Crippen molar-refractivity contribution < 1.29 is 13.2 Å². The van der Waals surface area contributed by atoms with Gasteiger partial charge in [0.2, 0.25) is 15.9 Å². The van der Waals surface area contributed by atoms with E-state index in [2.05, 4.69) is 24.1 Å². The van der Waals surface area contributed by atoms with E-state index >= 15 is 0 Å². The molecule has 0 radical (unpaired) electrons. The predicted molar refractivity (Wildman–Crippen MR) is 111 cm³/mol. The monoisotopic (exact) mass is 422 g/mol. The first kappa shape index (κ1) is 20.9. The molecule has 7 nitrogen and oxygen atoms in total. The Morgan fingerprint density at radius 2 is 1.86 bits per heavy atom. The van der Waals surface area contributed by atoms with Crippen LogP contribution < -0.4 is 5.32 Å². The fourth-order valence-electron chi connectivity index (χ4n) is 3.48. The number of benzene rings is 1. The lowest BCUT2D eigenvalue weighted by Gasteiger charge is -2.34. The van der Waals surface area contributed by atoms with Gasteiger partial charge in [0.25, 0.3) is 0 Å². The van der Waals surface area contributed by atoms with Gasteiger partial charge in [0.05, 0.1) is 10.6 Å². The standard InChI is InChI=1S/C19H26N4O3S2/c1-14-10-15(2)12-23(11-14)28(25,26)17-6-4-16(5-7-17)21-18(24)13-27-19-20-8-9-22(19)3/h4-9,14-15H,10-13H2,1-3H3,(H,21,24)/t14-,15-/m0/s1. The Morgan fingerprint density at radius 3 is 2.43 bits per heavy atom. The highest BCUT2D eigenvalue weighted by Gasteiger charge is 2.31. The third kappa shape index (κ3) is 4.95. The highest BCUT2D eigenvalue weighted by atomic mass is 32.2. The first-order chi connectivity index (χ1) is 13.3. The van der Waals surface area contributed by atoms with E-state index in [1.807, 2.05) is 17.8 Å². The number of nitrogens with one attached hydrogen (secondary N) is 1. The Bertz CT molecular complexity index is 915. The quantitative estimate of drug-likeness (QED) is 0.724. The van der Waals surface area contributed by atoms with Crippen molar-refractivity contribution in [1.82, 2.24) is 13.9 Å². The third-order valence-electron chi connectivity index (χ3n) is 4.72. The van der Waals surface area contributed by atoms with E-state index < -0.39 is 10.0 Å². The minimum Gasteiger partial charge on any atom is -0.329 e. The van der Waals surface area contributed by atoms with Crippen molar-refractivity contribution >= 4 is 33.4 Å². The highest BCUT2D eigenvalue weighted by molar-refractivity contribution is 7.99. The first-order valence-corrected chi connectivity index (χ1v) is 11.7. The lowest BCUT2D eigenvalue weighted by atomic mass is 9.94. The van der Waals surface area contributed by atoms with Crippen LogP contribution in [-0.4, -0.2) is 47.0 Å². The van der Waals surface area contributed by atoms with Crippen LogP contribution in [0.5, 0.6) is 0 Å². The number of imidazole rings is 1. The van der Waals surface area contributed by atoms with E-state index in [1.54, 1.807) is 34.8 Å². The second-order valence-electron chi connectivity index (χ2n) is 7.45. The molecule has 2 atom stereocenters. The average Bonchev–Trinajstić information content (AvgIpc) is 3.04. The lowest BCUT2D eigenvalue weighted by Crippen LogP contribution is -2.42. The van der Waals surface area contributed by atoms with Gasteiger partial charge in [-0.25, -0.2) is 13.4 Å². The lowest BCUT2D eigenvalue weighted by molar-refractivity contribution is -0.113. The number of aromatic nitrogens is 2. The Balaban J connectivity index is 1.61. The molecule has 28 heavy (non-hydrogen) atoms. The molecule has 0 bridgehead atoms. The Kier molecular flexibility index (Phi) is 6.47. The molecule has 2 aromatic rings. The van der Waals surface area contributed by atoms with E-state index in [-0.39, 0.29) is 16.6 Å². The Labute approximate surface area is 170 Å². The van der Waals surface area contributed by atoms with Gasteiger partial charge in [0, 0.05) is 38.2 Å². The van der Waals surface area contributed by atoms with Gasteiger partial charge < -0.3 is 9.88 Å². The number of anilines is 1. The van der Waals surface area contributed by atoms with Gasteiger partial charge in [-0.2, -0.15) is 4.31 Å². The molecule has 1 aliphatic rings. The van der Waals surface area contributed by atoms with Crippen LogP contribution in [0.2, 0.25) is 0 Å². The van der Waals surface area contributed by atoms with E-state index in [0.29, 0.717) is 30.6 Å². The molecule has 1 aliphatic heterocycles. The summed E-state index contributed by atoms with van der Waals surface area (Å²) < 4.78 is 29.2. The van der Waals surface area contributed by atoms with Crippen molar-refractivity contribution in [3.05, 3.63) is 36.7 Å². The van der Waals surface area contributed by atoms with Crippen molar-refractivity contribution in [2.45, 2.75) is 30.3 Å². The zero-order valence-electron chi connectivity index (χ0n) is 16.3. The third-order valence-corrected chi connectivity index (χ3v) is 7.62. The maximum absolute atomic E-state index is 12.9. The summed E-state index contributed by atoms with van der Waals surface area (Å²) in [5.74, 6) is 0.776. The molecule has 1 aromatic heterocycles. The fourth-order valence-corrected chi connectivity index (χ4v) is 5.89. The van der Waals surface area contributed by atoms with E-state index in [9.17, 15) is 13.2 Å². The SMILES string of the molecule is C[C@H]1C[C@H](C)CN(S(=O)(=O)c2ccc(NC(=O)CSc3nccn3C)cc2)C1. The Morgan fingerprint density at radius 1 is 1.21 bits per heavy atom. The second kappa shape index (κ2) is 8.67. The maximum atomic E-state index is 12.9. The molecule has 0 saturated carbocycles. The normalized spacial score (nSPS) is 20.8. The zero-order chi connectivity index (χ0) is 20.3. The summed E-state index contributed by atoms with van der Waals surface area (Å²) in [5, 5.41) is 3.56. The topological polar surface area (TPSA) is 84.3 Å². The highest BCUT2D eigenvalue weighted by Crippen LogP contribution is 2.27. The van der Waals surface area contributed by atoms with Gasteiger partial charge in [0.1, 0.15) is 0 Å². The van der Waals surface area contributed by atoms with Crippen LogP contribution in [0.4, 0.5) is 5.69 Å². The molecular weight excluding hydrogens is 396 g/mol. The van der Waals surface area contributed by atoms with Crippen LogP contribution >= 0.6 is 11.8 Å². The first-order valence-electron chi connectivity index (χ1n) is 9.26. The van der Waals surface area contributed by atoms with Crippen LogP contribution in [0.1, 0.15) is 20.3 Å². The van der Waals surface area contributed by atoms with Crippen LogP contribution in [0.15, 0.2) is 46.7 Å². The molecule has 152 valence electrons. The molecule has 1 amide bonds. The molecule has 1 fully saturated rings. The zero-order valence-corrected chi connectivity index (χ0v) is 18.0. The molecule has 1 aromatic carbocycles. The Hall–Kier alpha value is -1.84. The van der Waals surface area contributed by atoms with Crippen molar-refractivity contribution in [3.63, 3.8) is 0 Å². The maximum Gasteiger partial charge on any atom is 0.243 e. The predicted octanol–water partition coefficient (Wildman–Crippen LogP) is 2.82. The number of sulfonamides is 1. The van der Waals surface area contributed by atoms with Gasteiger partial charge in [-0.3, -0.25) is 4.79 Å². The molecule has 9 heteroatoms. The average molecular weight is 423 g/mol. The number of carbonyl (C=O) groups excluding carboxylic acids is 1. The fraction of sp³-hybridized carbons (Fsp3) is 0.474. The van der Waals surface area contributed by atoms with Crippen molar-refractivity contribution in [3.8, 4) is 0 Å². The molecule has 0 unspecified atom stereocenters. The summed E-state index contributed by atoms with van der Waals surface area (Å²) in [4.78, 5) is 16.5. The minimum atomic E-state index is -3.51. The largest absolute Gasteiger partial charge is 0.329 e. The summed E-state index contributed by atoms with van der Waals surface area (Å²) in [6.45, 7) is 5.27. The van der Waals surface area contributed by atoms with E-state index in [4.69, 9.17) is 0 Å². The summed E-state index contributed by atoms with van der Waals surface area (Å²) in [7, 11) is -1.64. The number of carbonyl (C=O) groups is 1. The number of rotatable bonds is 6. The van der Waals surface area contributed by atoms with Gasteiger partial charge >= 0.3 is 0 Å². The number of amides is 1. The summed E-state index contributed by atoms with van der Waals surface area (Å²) >= 11 is 1.34. The number of piperidine rings is 1. The molecular formula is C19H26N4O3S2. The second-order valence-corrected chi connectivity index (χ2v) is 10.3.